The summed E-state index contributed by atoms with van der Waals surface area (Å²) in [7, 11) is 0. The van der Waals surface area contributed by atoms with Gasteiger partial charge >= 0.3 is 0 Å². The topological polar surface area (TPSA) is 64.7 Å². The minimum absolute atomic E-state index is 0.0618. The van der Waals surface area contributed by atoms with Crippen molar-refractivity contribution in [3.63, 3.8) is 0 Å². The van der Waals surface area contributed by atoms with Crippen molar-refractivity contribution in [2.45, 2.75) is 20.0 Å². The van der Waals surface area contributed by atoms with Gasteiger partial charge in [-0.1, -0.05) is 40.9 Å². The molecule has 0 bridgehead atoms. The van der Waals surface area contributed by atoms with Gasteiger partial charge in [0.25, 0.3) is 5.91 Å². The average Bonchev–Trinajstić information content (AvgIpc) is 3.14. The summed E-state index contributed by atoms with van der Waals surface area (Å²) in [6, 6.07) is 4.41. The molecule has 1 N–H and O–H groups in total. The van der Waals surface area contributed by atoms with Crippen molar-refractivity contribution in [2.24, 2.45) is 0 Å². The van der Waals surface area contributed by atoms with Gasteiger partial charge in [0.2, 0.25) is 0 Å². The van der Waals surface area contributed by atoms with Gasteiger partial charge in [0.1, 0.15) is 10.8 Å². The third-order valence-corrected chi connectivity index (χ3v) is 4.49. The van der Waals surface area contributed by atoms with Gasteiger partial charge in [-0.25, -0.2) is 4.39 Å². The van der Waals surface area contributed by atoms with Crippen molar-refractivity contribution >= 4 is 46.5 Å². The fourth-order valence-corrected chi connectivity index (χ4v) is 2.94. The fourth-order valence-electron chi connectivity index (χ4n) is 2.29. The highest BCUT2D eigenvalue weighted by Gasteiger charge is 2.19. The number of anilines is 1. The zero-order valence-corrected chi connectivity index (χ0v) is 15.8. The molecule has 0 saturated heterocycles. The minimum atomic E-state index is -0.543. The van der Waals surface area contributed by atoms with Crippen LogP contribution in [-0.4, -0.2) is 25.5 Å². The van der Waals surface area contributed by atoms with Gasteiger partial charge in [0, 0.05) is 29.5 Å². The highest BCUT2D eigenvalue weighted by Crippen LogP contribution is 2.24. The summed E-state index contributed by atoms with van der Waals surface area (Å²) in [6.45, 7) is 2.51. The molecule has 3 rings (SSSR count). The van der Waals surface area contributed by atoms with Gasteiger partial charge in [-0.3, -0.25) is 14.2 Å². The van der Waals surface area contributed by atoms with Crippen LogP contribution < -0.4 is 5.32 Å². The molecule has 6 nitrogen and oxygen atoms in total. The highest BCUT2D eigenvalue weighted by atomic mass is 35.5. The Morgan fingerprint density at radius 3 is 2.50 bits per heavy atom. The van der Waals surface area contributed by atoms with E-state index in [1.54, 1.807) is 12.3 Å². The Labute approximate surface area is 163 Å². The maximum absolute atomic E-state index is 13.9. The first-order chi connectivity index (χ1) is 12.4. The van der Waals surface area contributed by atoms with Crippen LogP contribution >= 0.6 is 34.8 Å². The number of hydrogen-bond acceptors (Lipinski definition) is 3. The summed E-state index contributed by atoms with van der Waals surface area (Å²) < 4.78 is 16.8. The zero-order valence-electron chi connectivity index (χ0n) is 13.5. The first kappa shape index (κ1) is 18.7. The molecule has 0 aliphatic carbocycles. The Balaban J connectivity index is 1.80. The lowest BCUT2D eigenvalue weighted by atomic mass is 10.2. The molecule has 0 atom stereocenters. The Kier molecular flexibility index (Phi) is 5.50. The molecule has 0 radical (unpaired) electrons. The molecule has 3 aromatic rings. The van der Waals surface area contributed by atoms with Crippen LogP contribution in [0.15, 0.2) is 30.6 Å². The first-order valence-corrected chi connectivity index (χ1v) is 8.72. The molecule has 136 valence electrons. The van der Waals surface area contributed by atoms with Gasteiger partial charge in [-0.15, -0.1) is 0 Å². The second-order valence-electron chi connectivity index (χ2n) is 5.36. The number of hydrogen-bond donors (Lipinski definition) is 1. The Morgan fingerprint density at radius 2 is 1.85 bits per heavy atom. The quantitative estimate of drug-likeness (QED) is 0.666. The van der Waals surface area contributed by atoms with E-state index >= 15 is 0 Å². The smallest absolute Gasteiger partial charge is 0.278 e. The van der Waals surface area contributed by atoms with Crippen LogP contribution in [0.25, 0.3) is 0 Å². The molecule has 0 fully saturated rings. The molecule has 10 heteroatoms. The van der Waals surface area contributed by atoms with Crippen molar-refractivity contribution in [1.82, 2.24) is 19.6 Å². The maximum atomic E-state index is 13.9. The summed E-state index contributed by atoms with van der Waals surface area (Å²) in [6.07, 6.45) is 3.02. The lowest BCUT2D eigenvalue weighted by Crippen LogP contribution is -2.15. The average molecular weight is 417 g/mol. The molecule has 26 heavy (non-hydrogen) atoms. The summed E-state index contributed by atoms with van der Waals surface area (Å²) in [5.41, 5.74) is 0.340. The fraction of sp³-hybridized carbons (Fsp3) is 0.188. The third-order valence-electron chi connectivity index (χ3n) is 3.59. The monoisotopic (exact) mass is 415 g/mol. The van der Waals surface area contributed by atoms with E-state index in [0.717, 1.165) is 0 Å². The highest BCUT2D eigenvalue weighted by molar-refractivity contribution is 6.35. The van der Waals surface area contributed by atoms with Gasteiger partial charge in [0.15, 0.2) is 11.5 Å². The zero-order chi connectivity index (χ0) is 18.8. The number of aryl methyl sites for hydroxylation is 1. The van der Waals surface area contributed by atoms with Crippen LogP contribution in [0, 0.1) is 5.82 Å². The summed E-state index contributed by atoms with van der Waals surface area (Å²) >= 11 is 18.1. The molecule has 1 amide bonds. The van der Waals surface area contributed by atoms with Crippen LogP contribution in [0.4, 0.5) is 10.2 Å². The number of carbonyl (C=O) groups excluding carboxylic acids is 1. The Morgan fingerprint density at radius 1 is 1.12 bits per heavy atom. The van der Waals surface area contributed by atoms with Crippen LogP contribution in [0.2, 0.25) is 15.1 Å². The van der Waals surface area contributed by atoms with Crippen LogP contribution in [0.3, 0.4) is 0 Å². The molecular formula is C16H13Cl3FN5O. The van der Waals surface area contributed by atoms with Crippen LogP contribution in [0.1, 0.15) is 23.0 Å². The molecule has 0 aliphatic heterocycles. The van der Waals surface area contributed by atoms with E-state index in [9.17, 15) is 9.18 Å². The predicted molar refractivity (Wildman–Crippen MR) is 98.6 cm³/mol. The van der Waals surface area contributed by atoms with E-state index in [2.05, 4.69) is 15.5 Å². The molecule has 0 spiro atoms. The van der Waals surface area contributed by atoms with Gasteiger partial charge in [-0.05, 0) is 19.1 Å². The van der Waals surface area contributed by atoms with E-state index in [4.69, 9.17) is 34.8 Å². The summed E-state index contributed by atoms with van der Waals surface area (Å²) in [5, 5.41) is 11.5. The van der Waals surface area contributed by atoms with Gasteiger partial charge < -0.3 is 5.32 Å². The van der Waals surface area contributed by atoms with Crippen LogP contribution in [-0.2, 0) is 13.1 Å². The summed E-state index contributed by atoms with van der Waals surface area (Å²) in [5.74, 6) is -0.879. The predicted octanol–water partition coefficient (Wildman–Crippen LogP) is 4.50. The molecule has 0 unspecified atom stereocenters. The molecule has 2 aromatic heterocycles. The molecular weight excluding hydrogens is 404 g/mol. The number of benzene rings is 1. The number of aromatic nitrogens is 4. The number of nitrogens with zero attached hydrogens (tertiary/aromatic N) is 4. The first-order valence-electron chi connectivity index (χ1n) is 7.59. The van der Waals surface area contributed by atoms with E-state index in [0.29, 0.717) is 6.54 Å². The van der Waals surface area contributed by atoms with Crippen molar-refractivity contribution in [3.05, 3.63) is 62.7 Å². The maximum Gasteiger partial charge on any atom is 0.278 e. The third kappa shape index (κ3) is 3.85. The minimum Gasteiger partial charge on any atom is -0.302 e. The SMILES string of the molecule is CCn1cc(Cl)c(C(=O)Nc2nn(Cc3c(F)cccc3Cl)cc2Cl)n1. The standard InChI is InChI=1S/C16H13Cl3FN5O/c1-2-24-7-11(18)14(22-24)16(26)21-15-12(19)8-25(23-15)6-9-10(17)4-3-5-13(9)20/h3-5,7-8H,2,6H2,1H3,(H,21,23,26). The van der Waals surface area contributed by atoms with Crippen molar-refractivity contribution in [2.75, 3.05) is 5.32 Å². The van der Waals surface area contributed by atoms with E-state index in [1.807, 2.05) is 6.92 Å². The Hall–Kier alpha value is -2.09. The molecule has 2 heterocycles. The van der Waals surface area contributed by atoms with E-state index in [1.165, 1.54) is 27.7 Å². The molecule has 0 aliphatic rings. The largest absolute Gasteiger partial charge is 0.302 e. The lowest BCUT2D eigenvalue weighted by Gasteiger charge is -2.06. The van der Waals surface area contributed by atoms with Gasteiger partial charge in [0.05, 0.1) is 11.6 Å². The second kappa shape index (κ2) is 7.65. The number of rotatable bonds is 5. The second-order valence-corrected chi connectivity index (χ2v) is 6.58. The van der Waals surface area contributed by atoms with Crippen LogP contribution in [0.5, 0.6) is 0 Å². The molecule has 0 saturated carbocycles. The van der Waals surface area contributed by atoms with Crippen molar-refractivity contribution in [3.8, 4) is 0 Å². The molecule has 1 aromatic carbocycles. The number of amides is 1. The number of carbonyl (C=O) groups is 1. The normalized spacial score (nSPS) is 11.0. The summed E-state index contributed by atoms with van der Waals surface area (Å²) in [4.78, 5) is 12.3. The van der Waals surface area contributed by atoms with E-state index in [-0.39, 0.29) is 38.7 Å². The lowest BCUT2D eigenvalue weighted by molar-refractivity contribution is 0.102. The number of nitrogens with one attached hydrogen (secondary N) is 1. The number of halogens is 4. The Bertz CT molecular complexity index is 949. The van der Waals surface area contributed by atoms with E-state index < -0.39 is 11.7 Å². The van der Waals surface area contributed by atoms with Gasteiger partial charge in [-0.2, -0.15) is 10.2 Å². The van der Waals surface area contributed by atoms with Crippen molar-refractivity contribution in [1.29, 1.82) is 0 Å². The van der Waals surface area contributed by atoms with Crippen molar-refractivity contribution < 1.29 is 9.18 Å².